The van der Waals surface area contributed by atoms with E-state index in [1.807, 2.05) is 18.7 Å². The second kappa shape index (κ2) is 7.20. The first kappa shape index (κ1) is 17.6. The third kappa shape index (κ3) is 5.12. The van der Waals surface area contributed by atoms with Crippen LogP contribution in [0.3, 0.4) is 0 Å². The van der Waals surface area contributed by atoms with Crippen LogP contribution >= 0.6 is 11.8 Å². The number of thioether (sulfide) groups is 1. The molecule has 6 heteroatoms. The Hall–Kier alpha value is 0.220. The first-order valence-electron chi connectivity index (χ1n) is 8.14. The molecule has 0 spiro atoms. The number of piperidine rings is 1. The van der Waals surface area contributed by atoms with Crippen molar-refractivity contribution in [2.75, 3.05) is 30.3 Å². The standard InChI is InChI=1S/C15H30N2O2S2/c1-4-9-21(18,19)17-7-5-13(6-8-17)16-14-10-15(2,3)12-20-11-14/h13-14,16H,4-12H2,1-3H3. The molecular formula is C15H30N2O2S2. The van der Waals surface area contributed by atoms with Crippen LogP contribution in [0.5, 0.6) is 0 Å². The Balaban J connectivity index is 1.79. The zero-order valence-corrected chi connectivity index (χ0v) is 15.2. The van der Waals surface area contributed by atoms with Gasteiger partial charge in [-0.15, -0.1) is 0 Å². The molecule has 21 heavy (non-hydrogen) atoms. The predicted octanol–water partition coefficient (Wildman–Crippen LogP) is 2.31. The maximum absolute atomic E-state index is 12.1. The van der Waals surface area contributed by atoms with Gasteiger partial charge in [0.2, 0.25) is 10.0 Å². The van der Waals surface area contributed by atoms with Gasteiger partial charge in [0.1, 0.15) is 0 Å². The zero-order chi connectivity index (χ0) is 15.5. The van der Waals surface area contributed by atoms with Crippen LogP contribution in [0, 0.1) is 5.41 Å². The molecule has 2 fully saturated rings. The van der Waals surface area contributed by atoms with Gasteiger partial charge in [-0.3, -0.25) is 0 Å². The zero-order valence-electron chi connectivity index (χ0n) is 13.6. The van der Waals surface area contributed by atoms with Crippen LogP contribution in [0.2, 0.25) is 0 Å². The molecule has 2 aliphatic heterocycles. The van der Waals surface area contributed by atoms with Gasteiger partial charge in [-0.1, -0.05) is 20.8 Å². The van der Waals surface area contributed by atoms with E-state index in [1.54, 1.807) is 4.31 Å². The van der Waals surface area contributed by atoms with Gasteiger partial charge in [-0.2, -0.15) is 11.8 Å². The average Bonchev–Trinajstić information content (AvgIpc) is 2.38. The monoisotopic (exact) mass is 334 g/mol. The van der Waals surface area contributed by atoms with Crippen molar-refractivity contribution in [1.82, 2.24) is 9.62 Å². The van der Waals surface area contributed by atoms with E-state index in [9.17, 15) is 8.42 Å². The summed E-state index contributed by atoms with van der Waals surface area (Å²) < 4.78 is 25.8. The minimum Gasteiger partial charge on any atom is -0.310 e. The molecule has 0 aliphatic carbocycles. The lowest BCUT2D eigenvalue weighted by Gasteiger charge is -2.39. The number of nitrogens with one attached hydrogen (secondary N) is 1. The molecular weight excluding hydrogens is 304 g/mol. The Morgan fingerprint density at radius 1 is 1.24 bits per heavy atom. The summed E-state index contributed by atoms with van der Waals surface area (Å²) in [5.74, 6) is 2.73. The van der Waals surface area contributed by atoms with Gasteiger partial charge in [0.05, 0.1) is 5.75 Å². The molecule has 1 N–H and O–H groups in total. The molecule has 0 aromatic rings. The molecule has 2 saturated heterocycles. The van der Waals surface area contributed by atoms with E-state index in [4.69, 9.17) is 0 Å². The molecule has 0 bridgehead atoms. The SMILES string of the molecule is CCCS(=O)(=O)N1CCC(NC2CSCC(C)(C)C2)CC1. The molecule has 1 atom stereocenters. The number of rotatable bonds is 5. The van der Waals surface area contributed by atoms with Crippen LogP contribution in [0.1, 0.15) is 46.5 Å². The average molecular weight is 335 g/mol. The fraction of sp³-hybridized carbons (Fsp3) is 1.00. The summed E-state index contributed by atoms with van der Waals surface area (Å²) >= 11 is 2.04. The van der Waals surface area contributed by atoms with Crippen molar-refractivity contribution in [3.63, 3.8) is 0 Å². The molecule has 2 rings (SSSR count). The fourth-order valence-electron chi connectivity index (χ4n) is 3.39. The van der Waals surface area contributed by atoms with Crippen LogP contribution in [-0.4, -0.2) is 55.2 Å². The van der Waals surface area contributed by atoms with Crippen LogP contribution < -0.4 is 5.32 Å². The van der Waals surface area contributed by atoms with Crippen molar-refractivity contribution in [2.45, 2.75) is 58.5 Å². The Morgan fingerprint density at radius 2 is 1.90 bits per heavy atom. The van der Waals surface area contributed by atoms with E-state index in [0.717, 1.165) is 12.8 Å². The highest BCUT2D eigenvalue weighted by Gasteiger charge is 2.32. The van der Waals surface area contributed by atoms with Gasteiger partial charge >= 0.3 is 0 Å². The lowest BCUT2D eigenvalue weighted by Crippen LogP contribution is -2.50. The Morgan fingerprint density at radius 3 is 2.48 bits per heavy atom. The Labute approximate surface area is 134 Å². The summed E-state index contributed by atoms with van der Waals surface area (Å²) in [6.45, 7) is 7.97. The maximum Gasteiger partial charge on any atom is 0.214 e. The topological polar surface area (TPSA) is 49.4 Å². The number of nitrogens with zero attached hydrogens (tertiary/aromatic N) is 1. The highest BCUT2D eigenvalue weighted by molar-refractivity contribution is 7.99. The normalized spacial score (nSPS) is 28.6. The van der Waals surface area contributed by atoms with Gasteiger partial charge in [0.15, 0.2) is 0 Å². The number of hydrogen-bond acceptors (Lipinski definition) is 4. The minimum absolute atomic E-state index is 0.290. The van der Waals surface area contributed by atoms with E-state index in [2.05, 4.69) is 19.2 Å². The summed E-state index contributed by atoms with van der Waals surface area (Å²) in [6, 6.07) is 1.07. The summed E-state index contributed by atoms with van der Waals surface area (Å²) in [4.78, 5) is 0. The molecule has 2 heterocycles. The van der Waals surface area contributed by atoms with E-state index >= 15 is 0 Å². The third-order valence-electron chi connectivity index (χ3n) is 4.39. The largest absolute Gasteiger partial charge is 0.310 e. The van der Waals surface area contributed by atoms with Gasteiger partial charge in [0.25, 0.3) is 0 Å². The van der Waals surface area contributed by atoms with Crippen LogP contribution in [0.4, 0.5) is 0 Å². The highest BCUT2D eigenvalue weighted by atomic mass is 32.2. The summed E-state index contributed by atoms with van der Waals surface area (Å²) in [5, 5.41) is 3.78. The molecule has 0 aromatic carbocycles. The van der Waals surface area contributed by atoms with Crippen LogP contribution in [0.15, 0.2) is 0 Å². The second-order valence-electron chi connectivity index (χ2n) is 7.24. The first-order valence-corrected chi connectivity index (χ1v) is 10.9. The van der Waals surface area contributed by atoms with E-state index in [0.29, 0.717) is 42.8 Å². The quantitative estimate of drug-likeness (QED) is 0.838. The molecule has 0 saturated carbocycles. The smallest absolute Gasteiger partial charge is 0.214 e. The van der Waals surface area contributed by atoms with Crippen molar-refractivity contribution in [3.05, 3.63) is 0 Å². The molecule has 4 nitrogen and oxygen atoms in total. The highest BCUT2D eigenvalue weighted by Crippen LogP contribution is 2.34. The summed E-state index contributed by atoms with van der Waals surface area (Å²) in [7, 11) is -3.01. The van der Waals surface area contributed by atoms with E-state index < -0.39 is 10.0 Å². The van der Waals surface area contributed by atoms with Gasteiger partial charge in [0, 0.05) is 30.9 Å². The van der Waals surface area contributed by atoms with Crippen molar-refractivity contribution in [3.8, 4) is 0 Å². The van der Waals surface area contributed by atoms with Gasteiger partial charge in [-0.25, -0.2) is 12.7 Å². The van der Waals surface area contributed by atoms with Crippen LogP contribution in [0.25, 0.3) is 0 Å². The number of sulfonamides is 1. The third-order valence-corrected chi connectivity index (χ3v) is 8.09. The lowest BCUT2D eigenvalue weighted by atomic mass is 9.87. The van der Waals surface area contributed by atoms with E-state index in [-0.39, 0.29) is 0 Å². The van der Waals surface area contributed by atoms with Gasteiger partial charge < -0.3 is 5.32 Å². The Bertz CT molecular complexity index is 429. The molecule has 0 aromatic heterocycles. The first-order chi connectivity index (χ1) is 9.82. The molecule has 0 amide bonds. The van der Waals surface area contributed by atoms with Crippen molar-refractivity contribution < 1.29 is 8.42 Å². The fourth-order valence-corrected chi connectivity index (χ4v) is 6.22. The van der Waals surface area contributed by atoms with Crippen molar-refractivity contribution in [1.29, 1.82) is 0 Å². The Kier molecular flexibility index (Phi) is 6.02. The molecule has 124 valence electrons. The summed E-state index contributed by atoms with van der Waals surface area (Å²) in [5.41, 5.74) is 0.422. The minimum atomic E-state index is -3.01. The van der Waals surface area contributed by atoms with Crippen molar-refractivity contribution >= 4 is 21.8 Å². The number of hydrogen-bond donors (Lipinski definition) is 1. The maximum atomic E-state index is 12.1. The lowest BCUT2D eigenvalue weighted by molar-refractivity contribution is 0.247. The molecule has 0 radical (unpaired) electrons. The summed E-state index contributed by atoms with van der Waals surface area (Å²) in [6.07, 6.45) is 3.83. The second-order valence-corrected chi connectivity index (χ2v) is 10.4. The molecule has 1 unspecified atom stereocenters. The molecule has 2 aliphatic rings. The van der Waals surface area contributed by atoms with Gasteiger partial charge in [-0.05, 0) is 36.9 Å². The predicted molar refractivity (Wildman–Crippen MR) is 91.3 cm³/mol. The van der Waals surface area contributed by atoms with Crippen LogP contribution in [-0.2, 0) is 10.0 Å². The van der Waals surface area contributed by atoms with E-state index in [1.165, 1.54) is 17.9 Å². The van der Waals surface area contributed by atoms with Crippen molar-refractivity contribution in [2.24, 2.45) is 5.41 Å².